The Hall–Kier alpha value is -1.56. The topological polar surface area (TPSA) is 78.6 Å². The zero-order chi connectivity index (χ0) is 12.1. The Kier molecular flexibility index (Phi) is 4.30. The van der Waals surface area contributed by atoms with E-state index in [0.717, 1.165) is 11.3 Å². The maximum Gasteiger partial charge on any atom is 0.342 e. The van der Waals surface area contributed by atoms with Gasteiger partial charge < -0.3 is 15.2 Å². The van der Waals surface area contributed by atoms with Crippen LogP contribution in [0, 0.1) is 0 Å². The summed E-state index contributed by atoms with van der Waals surface area (Å²) < 4.78 is 9.63. The van der Waals surface area contributed by atoms with Gasteiger partial charge in [0, 0.05) is 5.38 Å². The second kappa shape index (κ2) is 5.50. The number of rotatable bonds is 4. The number of ether oxygens (including phenoxy) is 2. The third kappa shape index (κ3) is 2.52. The van der Waals surface area contributed by atoms with Crippen molar-refractivity contribution >= 4 is 28.3 Å². The van der Waals surface area contributed by atoms with Gasteiger partial charge in [0.25, 0.3) is 0 Å². The summed E-state index contributed by atoms with van der Waals surface area (Å²) in [5.74, 6) is -1.15. The Morgan fingerprint density at radius 2 is 1.81 bits per heavy atom. The Morgan fingerprint density at radius 1 is 1.25 bits per heavy atom. The average Bonchev–Trinajstić information content (AvgIpc) is 2.61. The molecule has 1 aromatic heterocycles. The minimum Gasteiger partial charge on any atom is -0.462 e. The summed E-state index contributed by atoms with van der Waals surface area (Å²) in [6, 6.07) is 0. The minimum atomic E-state index is -0.593. The van der Waals surface area contributed by atoms with Crippen molar-refractivity contribution in [2.75, 3.05) is 18.9 Å². The lowest BCUT2D eigenvalue weighted by atomic mass is 10.2. The van der Waals surface area contributed by atoms with Crippen molar-refractivity contribution in [1.29, 1.82) is 0 Å². The fourth-order valence-corrected chi connectivity index (χ4v) is 1.92. The van der Waals surface area contributed by atoms with Crippen LogP contribution < -0.4 is 5.73 Å². The fourth-order valence-electron chi connectivity index (χ4n) is 1.15. The molecule has 6 heteroatoms. The van der Waals surface area contributed by atoms with Gasteiger partial charge in [-0.15, -0.1) is 11.3 Å². The molecule has 16 heavy (non-hydrogen) atoms. The third-order valence-electron chi connectivity index (χ3n) is 1.79. The lowest BCUT2D eigenvalue weighted by Gasteiger charge is -2.04. The number of anilines is 1. The van der Waals surface area contributed by atoms with Crippen molar-refractivity contribution in [3.63, 3.8) is 0 Å². The predicted octanol–water partition coefficient (Wildman–Crippen LogP) is 1.68. The number of nitrogens with two attached hydrogens (primary N) is 1. The first-order valence-electron chi connectivity index (χ1n) is 4.83. The van der Waals surface area contributed by atoms with Crippen molar-refractivity contribution in [1.82, 2.24) is 0 Å². The van der Waals surface area contributed by atoms with E-state index in [2.05, 4.69) is 0 Å². The van der Waals surface area contributed by atoms with Crippen molar-refractivity contribution in [3.8, 4) is 0 Å². The van der Waals surface area contributed by atoms with Crippen LogP contribution in [0.5, 0.6) is 0 Å². The van der Waals surface area contributed by atoms with Gasteiger partial charge in [0.05, 0.1) is 18.8 Å². The van der Waals surface area contributed by atoms with E-state index in [0.29, 0.717) is 0 Å². The fraction of sp³-hybridized carbons (Fsp3) is 0.400. The monoisotopic (exact) mass is 243 g/mol. The van der Waals surface area contributed by atoms with Gasteiger partial charge in [-0.2, -0.15) is 0 Å². The van der Waals surface area contributed by atoms with Crippen LogP contribution in [0.3, 0.4) is 0 Å². The molecule has 88 valence electrons. The minimum absolute atomic E-state index is 0.102. The molecule has 0 saturated heterocycles. The van der Waals surface area contributed by atoms with Gasteiger partial charge in [0.2, 0.25) is 0 Å². The van der Waals surface area contributed by atoms with Gasteiger partial charge in [-0.05, 0) is 13.8 Å². The van der Waals surface area contributed by atoms with Crippen LogP contribution in [-0.2, 0) is 9.47 Å². The van der Waals surface area contributed by atoms with E-state index in [1.165, 1.54) is 5.38 Å². The molecule has 1 rings (SSSR count). The quantitative estimate of drug-likeness (QED) is 0.814. The normalized spacial score (nSPS) is 9.88. The first-order chi connectivity index (χ1) is 7.61. The highest BCUT2D eigenvalue weighted by molar-refractivity contribution is 7.14. The standard InChI is InChI=1S/C10H13NO4S/c1-3-14-9(12)6-5-16-8(11)7(6)10(13)15-4-2/h5H,3-4,11H2,1-2H3. The lowest BCUT2D eigenvalue weighted by Crippen LogP contribution is -2.13. The number of nitrogen functional groups attached to an aromatic ring is 1. The summed E-state index contributed by atoms with van der Waals surface area (Å²) >= 11 is 1.12. The van der Waals surface area contributed by atoms with E-state index >= 15 is 0 Å². The number of hydrogen-bond acceptors (Lipinski definition) is 6. The van der Waals surface area contributed by atoms with Crippen LogP contribution in [0.1, 0.15) is 34.6 Å². The zero-order valence-electron chi connectivity index (χ0n) is 9.11. The second-order valence-electron chi connectivity index (χ2n) is 2.83. The van der Waals surface area contributed by atoms with Crippen molar-refractivity contribution in [3.05, 3.63) is 16.5 Å². The van der Waals surface area contributed by atoms with Crippen LogP contribution in [0.4, 0.5) is 5.00 Å². The lowest BCUT2D eigenvalue weighted by molar-refractivity contribution is 0.0481. The molecule has 0 aliphatic heterocycles. The smallest absolute Gasteiger partial charge is 0.342 e. The van der Waals surface area contributed by atoms with Gasteiger partial charge in [-0.25, -0.2) is 9.59 Å². The second-order valence-corrected chi connectivity index (χ2v) is 3.74. The number of thiophene rings is 1. The number of carbonyl (C=O) groups excluding carboxylic acids is 2. The summed E-state index contributed by atoms with van der Waals surface area (Å²) in [6.07, 6.45) is 0. The molecule has 2 N–H and O–H groups in total. The van der Waals surface area contributed by atoms with E-state index in [4.69, 9.17) is 15.2 Å². The Morgan fingerprint density at radius 3 is 2.38 bits per heavy atom. The van der Waals surface area contributed by atoms with Gasteiger partial charge in [-0.3, -0.25) is 0 Å². The zero-order valence-corrected chi connectivity index (χ0v) is 9.93. The Bertz CT molecular complexity index is 400. The maximum absolute atomic E-state index is 11.6. The SMILES string of the molecule is CCOC(=O)c1csc(N)c1C(=O)OCC. The van der Waals surface area contributed by atoms with E-state index < -0.39 is 11.9 Å². The predicted molar refractivity (Wildman–Crippen MR) is 60.6 cm³/mol. The Labute approximate surface area is 97.2 Å². The van der Waals surface area contributed by atoms with E-state index in [-0.39, 0.29) is 29.3 Å². The first kappa shape index (κ1) is 12.5. The number of esters is 2. The van der Waals surface area contributed by atoms with Gasteiger partial charge >= 0.3 is 11.9 Å². The van der Waals surface area contributed by atoms with Crippen molar-refractivity contribution in [2.24, 2.45) is 0 Å². The molecule has 0 aliphatic rings. The van der Waals surface area contributed by atoms with Crippen molar-refractivity contribution in [2.45, 2.75) is 13.8 Å². The molecule has 0 fully saturated rings. The molecule has 0 radical (unpaired) electrons. The molecule has 0 unspecified atom stereocenters. The van der Waals surface area contributed by atoms with E-state index in [1.54, 1.807) is 13.8 Å². The molecule has 0 saturated carbocycles. The van der Waals surface area contributed by atoms with E-state index in [9.17, 15) is 9.59 Å². The first-order valence-corrected chi connectivity index (χ1v) is 5.70. The average molecular weight is 243 g/mol. The Balaban J connectivity index is 3.02. The molecule has 0 bridgehead atoms. The third-order valence-corrected chi connectivity index (χ3v) is 2.61. The summed E-state index contributed by atoms with van der Waals surface area (Å²) in [7, 11) is 0. The highest BCUT2D eigenvalue weighted by atomic mass is 32.1. The summed E-state index contributed by atoms with van der Waals surface area (Å²) in [5, 5.41) is 1.76. The molecule has 0 spiro atoms. The van der Waals surface area contributed by atoms with Gasteiger partial charge in [0.1, 0.15) is 10.6 Å². The van der Waals surface area contributed by atoms with Crippen LogP contribution in [-0.4, -0.2) is 25.2 Å². The molecule has 0 aromatic carbocycles. The molecule has 0 atom stereocenters. The highest BCUT2D eigenvalue weighted by Crippen LogP contribution is 2.26. The van der Waals surface area contributed by atoms with Crippen LogP contribution in [0.2, 0.25) is 0 Å². The van der Waals surface area contributed by atoms with Gasteiger partial charge in [-0.1, -0.05) is 0 Å². The summed E-state index contributed by atoms with van der Waals surface area (Å²) in [4.78, 5) is 23.1. The van der Waals surface area contributed by atoms with E-state index in [1.807, 2.05) is 0 Å². The number of hydrogen-bond donors (Lipinski definition) is 1. The summed E-state index contributed by atoms with van der Waals surface area (Å²) in [5.41, 5.74) is 5.89. The molecule has 0 amide bonds. The largest absolute Gasteiger partial charge is 0.462 e. The van der Waals surface area contributed by atoms with Crippen LogP contribution >= 0.6 is 11.3 Å². The van der Waals surface area contributed by atoms with Crippen LogP contribution in [0.25, 0.3) is 0 Å². The summed E-state index contributed by atoms with van der Waals surface area (Å²) in [6.45, 7) is 3.86. The van der Waals surface area contributed by atoms with Crippen molar-refractivity contribution < 1.29 is 19.1 Å². The molecule has 5 nitrogen and oxygen atoms in total. The van der Waals surface area contributed by atoms with Crippen LogP contribution in [0.15, 0.2) is 5.38 Å². The molecular formula is C10H13NO4S. The molecular weight excluding hydrogens is 230 g/mol. The number of carbonyl (C=O) groups is 2. The molecule has 1 aromatic rings. The molecule has 0 aliphatic carbocycles. The van der Waals surface area contributed by atoms with Gasteiger partial charge in [0.15, 0.2) is 0 Å². The molecule has 1 heterocycles. The maximum atomic E-state index is 11.6. The highest BCUT2D eigenvalue weighted by Gasteiger charge is 2.23.